The van der Waals surface area contributed by atoms with Gasteiger partial charge in [0.1, 0.15) is 35.7 Å². The maximum absolute atomic E-state index is 13.9. The first-order valence-corrected chi connectivity index (χ1v) is 26.3. The van der Waals surface area contributed by atoms with Crippen molar-refractivity contribution in [3.63, 3.8) is 0 Å². The second-order valence-corrected chi connectivity index (χ2v) is 26.2. The molecule has 0 radical (unpaired) electrons. The second kappa shape index (κ2) is 19.4. The molecule has 5 aliphatic carbocycles. The van der Waals surface area contributed by atoms with Crippen LogP contribution in [-0.2, 0) is 38.1 Å². The summed E-state index contributed by atoms with van der Waals surface area (Å²) in [6.45, 7) is 26.2. The van der Waals surface area contributed by atoms with Gasteiger partial charge in [-0.05, 0) is 134 Å². The number of esters is 3. The number of carboxylic acid groups (broad SMARTS) is 1. The molecule has 6 aliphatic rings. The first-order chi connectivity index (χ1) is 32.5. The number of nitrogens with one attached hydrogen (secondary N) is 2. The van der Waals surface area contributed by atoms with Gasteiger partial charge in [-0.1, -0.05) is 76.2 Å². The fourth-order valence-corrected chi connectivity index (χ4v) is 16.4. The summed E-state index contributed by atoms with van der Waals surface area (Å²) in [5.41, 5.74) is 5.03. The van der Waals surface area contributed by atoms with Crippen molar-refractivity contribution in [2.24, 2.45) is 78.5 Å². The van der Waals surface area contributed by atoms with Crippen molar-refractivity contribution in [3.8, 4) is 0 Å². The summed E-state index contributed by atoms with van der Waals surface area (Å²) >= 11 is 0. The van der Waals surface area contributed by atoms with E-state index in [-0.39, 0.29) is 83.8 Å². The number of hydrogen-bond donors (Lipinski definition) is 3. The summed E-state index contributed by atoms with van der Waals surface area (Å²) in [5, 5.41) is 13.3. The van der Waals surface area contributed by atoms with Crippen LogP contribution in [0.2, 0.25) is 0 Å². The minimum atomic E-state index is -0.910. The Hall–Kier alpha value is -4.17. The summed E-state index contributed by atoms with van der Waals surface area (Å²) in [5.74, 6) is 0.845. The van der Waals surface area contributed by atoms with Crippen LogP contribution in [0.25, 0.3) is 0 Å². The molecular formula is C54H84N5O11+. The van der Waals surface area contributed by atoms with Crippen LogP contribution in [0.3, 0.4) is 0 Å². The Kier molecular flexibility index (Phi) is 14.8. The number of carbonyl (C=O) groups is 4. The standard InChI is InChI=1S/C54H83N5O11/c1-31(2)33-15-20-54(30-68-43(63)26-49(6,7)25-42(62)67-29-36-35(57-58-55)23-40(69-36)59-28-32(3)46(65)56-47(59)66)22-21-52(11)34(45(33)54)13-14-38-51(10)18-17-39(50(8,9)37(51)16-19-53(38,52)12)70-44(64)27-48(4,5)24-41(60)61/h28,31,33-40,45,55H,13-27,29-30H2,1-12H3,(H-,56,60,61,65,66)/p+1/t33-,34+,35?,36?,37-,38+,39-,40?,45+,51-,52+,53+,54+/m0/s1. The van der Waals surface area contributed by atoms with Crippen LogP contribution in [0, 0.1) is 85.9 Å². The van der Waals surface area contributed by atoms with Crippen LogP contribution in [0.15, 0.2) is 20.9 Å². The van der Waals surface area contributed by atoms with E-state index in [9.17, 15) is 33.9 Å². The molecule has 16 nitrogen and oxygen atoms in total. The quantitative estimate of drug-likeness (QED) is 0.0611. The number of fused-ring (bicyclic) bond motifs is 7. The normalized spacial score (nSPS) is 36.7. The van der Waals surface area contributed by atoms with Crippen molar-refractivity contribution in [1.82, 2.24) is 14.5 Å². The fraction of sp³-hybridized carbons (Fsp3) is 0.852. The predicted molar refractivity (Wildman–Crippen MR) is 260 cm³/mol. The molecule has 16 heteroatoms. The number of hydrogen-bond acceptors (Lipinski definition) is 12. The molecule has 70 heavy (non-hydrogen) atoms. The highest BCUT2D eigenvalue weighted by atomic mass is 16.6. The Bertz CT molecular complexity index is 2350. The molecule has 2 heterocycles. The van der Waals surface area contributed by atoms with E-state index in [1.165, 1.54) is 10.8 Å². The number of aromatic nitrogens is 2. The zero-order chi connectivity index (χ0) is 51.6. The van der Waals surface area contributed by atoms with E-state index >= 15 is 0 Å². The first-order valence-electron chi connectivity index (χ1n) is 26.3. The summed E-state index contributed by atoms with van der Waals surface area (Å²) in [6, 6.07) is -0.656. The lowest BCUT2D eigenvalue weighted by Crippen LogP contribution is -2.67. The Morgan fingerprint density at radius 2 is 1.51 bits per heavy atom. The molecule has 1 aromatic heterocycles. The van der Waals surface area contributed by atoms with E-state index in [0.29, 0.717) is 47.7 Å². The molecule has 5 saturated carbocycles. The van der Waals surface area contributed by atoms with Gasteiger partial charge in [-0.15, -0.1) is 0 Å². The van der Waals surface area contributed by atoms with Gasteiger partial charge >= 0.3 is 29.6 Å². The number of rotatable bonds is 16. The average Bonchev–Trinajstić information content (AvgIpc) is 3.83. The zero-order valence-corrected chi connectivity index (χ0v) is 44.2. The average molecular weight is 979 g/mol. The van der Waals surface area contributed by atoms with Gasteiger partial charge in [-0.25, -0.2) is 4.79 Å². The maximum atomic E-state index is 13.9. The molecule has 390 valence electrons. The van der Waals surface area contributed by atoms with Crippen LogP contribution >= 0.6 is 0 Å². The van der Waals surface area contributed by atoms with E-state index in [0.717, 1.165) is 64.2 Å². The minimum Gasteiger partial charge on any atom is -0.481 e. The molecular weight excluding hydrogens is 895 g/mol. The van der Waals surface area contributed by atoms with Crippen molar-refractivity contribution in [2.45, 2.75) is 204 Å². The smallest absolute Gasteiger partial charge is 0.330 e. The largest absolute Gasteiger partial charge is 0.481 e. The molecule has 0 aromatic carbocycles. The Balaban J connectivity index is 0.980. The molecule has 13 atom stereocenters. The van der Waals surface area contributed by atoms with E-state index in [1.54, 1.807) is 6.92 Å². The van der Waals surface area contributed by atoms with Gasteiger partial charge in [-0.2, -0.15) is 0 Å². The van der Waals surface area contributed by atoms with Gasteiger partial charge in [0.2, 0.25) is 4.91 Å². The lowest BCUT2D eigenvalue weighted by molar-refractivity contribution is -0.253. The summed E-state index contributed by atoms with van der Waals surface area (Å²) in [4.78, 5) is 81.9. The highest BCUT2D eigenvalue weighted by Crippen LogP contribution is 2.77. The molecule has 0 amide bonds. The molecule has 0 bridgehead atoms. The number of ether oxygens (including phenoxy) is 4. The number of nitrogens with zero attached hydrogens (tertiary/aromatic N) is 3. The van der Waals surface area contributed by atoms with Crippen molar-refractivity contribution >= 4 is 23.9 Å². The number of aromatic amines is 1. The number of carboxylic acids is 1. The lowest BCUT2D eigenvalue weighted by atomic mass is 9.32. The highest BCUT2D eigenvalue weighted by Gasteiger charge is 2.71. The monoisotopic (exact) mass is 979 g/mol. The van der Waals surface area contributed by atoms with Crippen LogP contribution in [0.5, 0.6) is 0 Å². The van der Waals surface area contributed by atoms with Gasteiger partial charge in [0, 0.05) is 29.0 Å². The third-order valence-corrected chi connectivity index (χ3v) is 20.0. The Morgan fingerprint density at radius 3 is 2.17 bits per heavy atom. The topological polar surface area (TPSA) is 231 Å². The molecule has 1 aliphatic heterocycles. The van der Waals surface area contributed by atoms with Gasteiger partial charge in [0.25, 0.3) is 5.56 Å². The minimum absolute atomic E-state index is 0.0411. The van der Waals surface area contributed by atoms with Crippen molar-refractivity contribution < 1.29 is 43.2 Å². The second-order valence-electron chi connectivity index (χ2n) is 26.2. The van der Waals surface area contributed by atoms with Crippen LogP contribution < -0.4 is 16.2 Å². The maximum Gasteiger partial charge on any atom is 0.330 e. The van der Waals surface area contributed by atoms with Gasteiger partial charge < -0.3 is 24.1 Å². The SMILES string of the molecule is Cc1cn(C2CC(N=[N+]=N)C(COC(=O)CC(C)(C)CC(=O)OC[C@]34CC[C@@H](C(C)C)[C@@H]3[C@H]3CC[C@@H]5[C@@]6(C)CC[C@H](OC(=O)CC(C)(C)CC(=O)O)C(C)(C)[C@@H]6CC[C@@]5(C)[C@]3(C)CC4)O2)c(=O)[nH]c1=O. The van der Waals surface area contributed by atoms with E-state index < -0.39 is 52.4 Å². The van der Waals surface area contributed by atoms with Gasteiger partial charge in [-0.3, -0.25) is 33.5 Å². The van der Waals surface area contributed by atoms with Crippen molar-refractivity contribution in [2.75, 3.05) is 13.2 Å². The summed E-state index contributed by atoms with van der Waals surface area (Å²) < 4.78 is 25.6. The molecule has 0 spiro atoms. The lowest BCUT2D eigenvalue weighted by Gasteiger charge is -2.73. The number of carbonyl (C=O) groups excluding carboxylic acids is 3. The van der Waals surface area contributed by atoms with Gasteiger partial charge in [0.15, 0.2) is 6.04 Å². The number of H-pyrrole nitrogens is 1. The molecule has 3 N–H and O–H groups in total. The molecule has 7 rings (SSSR count). The van der Waals surface area contributed by atoms with Crippen molar-refractivity contribution in [3.05, 3.63) is 32.6 Å². The number of aliphatic carboxylic acids is 1. The number of aryl methyl sites for hydroxylation is 1. The van der Waals surface area contributed by atoms with Crippen LogP contribution in [-0.4, -0.2) is 70.0 Å². The van der Waals surface area contributed by atoms with Crippen LogP contribution in [0.1, 0.15) is 184 Å². The first kappa shape index (κ1) is 53.6. The molecule has 3 unspecified atom stereocenters. The summed E-state index contributed by atoms with van der Waals surface area (Å²) in [6.07, 6.45) is 10.4. The molecule has 1 saturated heterocycles. The van der Waals surface area contributed by atoms with Crippen LogP contribution in [0.4, 0.5) is 0 Å². The molecule has 1 aromatic rings. The zero-order valence-electron chi connectivity index (χ0n) is 44.2. The van der Waals surface area contributed by atoms with E-state index in [2.05, 4.69) is 63.5 Å². The van der Waals surface area contributed by atoms with Gasteiger partial charge in [0.05, 0.1) is 32.3 Å². The van der Waals surface area contributed by atoms with E-state index in [4.69, 9.17) is 24.5 Å². The fourth-order valence-electron chi connectivity index (χ4n) is 16.4. The van der Waals surface area contributed by atoms with Crippen molar-refractivity contribution in [1.29, 1.82) is 5.53 Å². The highest BCUT2D eigenvalue weighted by molar-refractivity contribution is 5.74. The Labute approximate surface area is 414 Å². The molecule has 6 fully saturated rings. The predicted octanol–water partition coefficient (Wildman–Crippen LogP) is 9.48. The Morgan fingerprint density at radius 1 is 0.857 bits per heavy atom. The third-order valence-electron chi connectivity index (χ3n) is 20.0. The third kappa shape index (κ3) is 9.99. The summed E-state index contributed by atoms with van der Waals surface area (Å²) in [7, 11) is 0. The van der Waals surface area contributed by atoms with E-state index in [1.807, 2.05) is 27.7 Å².